The summed E-state index contributed by atoms with van der Waals surface area (Å²) in [6, 6.07) is 15.6. The summed E-state index contributed by atoms with van der Waals surface area (Å²) < 4.78 is 14.1. The molecule has 2 N–H and O–H groups in total. The molecule has 20 heavy (non-hydrogen) atoms. The average Bonchev–Trinajstić information content (AvgIpc) is 2.46. The predicted molar refractivity (Wildman–Crippen MR) is 76.3 cm³/mol. The third kappa shape index (κ3) is 1.77. The minimum Gasteiger partial charge on any atom is -0.383 e. The van der Waals surface area contributed by atoms with Crippen LogP contribution in [0.5, 0.6) is 0 Å². The Kier molecular flexibility index (Phi) is 2.81. The maximum Gasteiger partial charge on any atom is 0.142 e. The molecule has 0 aliphatic carbocycles. The monoisotopic (exact) mass is 263 g/mol. The van der Waals surface area contributed by atoms with Crippen molar-refractivity contribution in [1.82, 2.24) is 4.98 Å². The van der Waals surface area contributed by atoms with E-state index in [0.29, 0.717) is 22.0 Å². The van der Waals surface area contributed by atoms with E-state index in [2.05, 4.69) is 4.98 Å². The van der Waals surface area contributed by atoms with Crippen molar-refractivity contribution >= 4 is 16.7 Å². The van der Waals surface area contributed by atoms with Crippen LogP contribution in [0.15, 0.2) is 48.5 Å². The Morgan fingerprint density at radius 2 is 1.75 bits per heavy atom. The molecule has 0 radical (unpaired) electrons. The molecule has 0 saturated heterocycles. The summed E-state index contributed by atoms with van der Waals surface area (Å²) >= 11 is 0. The van der Waals surface area contributed by atoms with E-state index in [1.165, 1.54) is 6.07 Å². The van der Waals surface area contributed by atoms with Gasteiger partial charge in [-0.05, 0) is 12.1 Å². The van der Waals surface area contributed by atoms with E-state index in [1.54, 1.807) is 24.3 Å². The number of hydrogen-bond acceptors (Lipinski definition) is 3. The normalized spacial score (nSPS) is 10.4. The van der Waals surface area contributed by atoms with Gasteiger partial charge >= 0.3 is 0 Å². The average molecular weight is 263 g/mol. The predicted octanol–water partition coefficient (Wildman–Crippen LogP) is 3.49. The van der Waals surface area contributed by atoms with E-state index in [-0.39, 0.29) is 17.2 Å². The van der Waals surface area contributed by atoms with Crippen LogP contribution in [-0.2, 0) is 0 Å². The van der Waals surface area contributed by atoms with Gasteiger partial charge in [-0.1, -0.05) is 36.4 Å². The number of nitriles is 1. The second-order valence-electron chi connectivity index (χ2n) is 4.36. The summed E-state index contributed by atoms with van der Waals surface area (Å²) in [5.41, 5.74) is 7.52. The highest BCUT2D eigenvalue weighted by Crippen LogP contribution is 2.34. The fourth-order valence-electron chi connectivity index (χ4n) is 2.29. The number of nitrogen functional groups attached to an aromatic ring is 1. The van der Waals surface area contributed by atoms with Gasteiger partial charge in [0.05, 0.1) is 5.52 Å². The highest BCUT2D eigenvalue weighted by molar-refractivity contribution is 5.99. The Labute approximate surface area is 115 Å². The van der Waals surface area contributed by atoms with Gasteiger partial charge in [0, 0.05) is 16.5 Å². The van der Waals surface area contributed by atoms with Crippen LogP contribution in [0.25, 0.3) is 22.0 Å². The fourth-order valence-corrected chi connectivity index (χ4v) is 2.29. The largest absolute Gasteiger partial charge is 0.383 e. The first-order valence-electron chi connectivity index (χ1n) is 6.05. The number of para-hydroxylation sites is 1. The number of fused-ring (bicyclic) bond motifs is 1. The number of nitrogens with two attached hydrogens (primary N) is 1. The number of anilines is 1. The fraction of sp³-hybridized carbons (Fsp3) is 0. The van der Waals surface area contributed by atoms with Gasteiger partial charge in [-0.15, -0.1) is 0 Å². The Morgan fingerprint density at radius 3 is 2.50 bits per heavy atom. The molecule has 0 unspecified atom stereocenters. The lowest BCUT2D eigenvalue weighted by molar-refractivity contribution is 0.631. The molecule has 3 nitrogen and oxygen atoms in total. The van der Waals surface area contributed by atoms with Gasteiger partial charge in [0.15, 0.2) is 0 Å². The minimum atomic E-state index is -0.389. The second kappa shape index (κ2) is 4.63. The molecule has 0 saturated carbocycles. The number of benzene rings is 2. The molecule has 0 spiro atoms. The molecule has 0 aliphatic rings. The van der Waals surface area contributed by atoms with Crippen molar-refractivity contribution in [2.45, 2.75) is 0 Å². The number of hydrogen-bond donors (Lipinski definition) is 1. The molecule has 0 bridgehead atoms. The van der Waals surface area contributed by atoms with Crippen LogP contribution in [0.4, 0.5) is 10.2 Å². The SMILES string of the molecule is N#Cc1c(N)nc2ccccc2c1-c1ccccc1F. The molecule has 1 heterocycles. The van der Waals surface area contributed by atoms with E-state index in [4.69, 9.17) is 5.73 Å². The number of pyridine rings is 1. The molecule has 0 fully saturated rings. The lowest BCUT2D eigenvalue weighted by Gasteiger charge is -2.11. The molecule has 2 aromatic carbocycles. The standard InChI is InChI=1S/C16H10FN3/c17-13-7-3-1-5-10(13)15-11-6-2-4-8-14(11)20-16(19)12(15)9-18/h1-8H,(H2,19,20). The van der Waals surface area contributed by atoms with Crippen LogP contribution in [0.2, 0.25) is 0 Å². The molecule has 4 heteroatoms. The van der Waals surface area contributed by atoms with Gasteiger partial charge < -0.3 is 5.73 Å². The molecule has 1 aromatic heterocycles. The highest BCUT2D eigenvalue weighted by Gasteiger charge is 2.17. The van der Waals surface area contributed by atoms with Crippen molar-refractivity contribution in [2.24, 2.45) is 0 Å². The van der Waals surface area contributed by atoms with Crippen LogP contribution >= 0.6 is 0 Å². The summed E-state index contributed by atoms with van der Waals surface area (Å²) in [5.74, 6) is -0.274. The molecule has 0 amide bonds. The van der Waals surface area contributed by atoms with Crippen molar-refractivity contribution in [3.63, 3.8) is 0 Å². The maximum absolute atomic E-state index is 14.1. The quantitative estimate of drug-likeness (QED) is 0.731. The zero-order chi connectivity index (χ0) is 14.1. The maximum atomic E-state index is 14.1. The van der Waals surface area contributed by atoms with E-state index in [1.807, 2.05) is 24.3 Å². The first-order valence-corrected chi connectivity index (χ1v) is 6.05. The van der Waals surface area contributed by atoms with Crippen molar-refractivity contribution in [2.75, 3.05) is 5.73 Å². The van der Waals surface area contributed by atoms with E-state index < -0.39 is 0 Å². The Balaban J connectivity index is 2.51. The van der Waals surface area contributed by atoms with Crippen LogP contribution in [0.3, 0.4) is 0 Å². The first-order chi connectivity index (χ1) is 9.72. The lowest BCUT2D eigenvalue weighted by Crippen LogP contribution is -2.00. The van der Waals surface area contributed by atoms with Crippen LogP contribution in [0, 0.1) is 17.1 Å². The lowest BCUT2D eigenvalue weighted by atomic mass is 9.96. The van der Waals surface area contributed by atoms with Crippen molar-refractivity contribution in [3.05, 3.63) is 59.9 Å². The first kappa shape index (κ1) is 12.1. The van der Waals surface area contributed by atoms with Crippen LogP contribution < -0.4 is 5.73 Å². The Bertz CT molecular complexity index is 850. The smallest absolute Gasteiger partial charge is 0.142 e. The Morgan fingerprint density at radius 1 is 1.05 bits per heavy atom. The number of nitrogens with zero attached hydrogens (tertiary/aromatic N) is 2. The van der Waals surface area contributed by atoms with Gasteiger partial charge in [0.1, 0.15) is 23.3 Å². The Hall–Kier alpha value is -2.93. The van der Waals surface area contributed by atoms with E-state index in [9.17, 15) is 9.65 Å². The molecule has 96 valence electrons. The third-order valence-electron chi connectivity index (χ3n) is 3.18. The zero-order valence-corrected chi connectivity index (χ0v) is 10.5. The highest BCUT2D eigenvalue weighted by atomic mass is 19.1. The molecule has 0 aliphatic heterocycles. The number of aromatic nitrogens is 1. The second-order valence-corrected chi connectivity index (χ2v) is 4.36. The zero-order valence-electron chi connectivity index (χ0n) is 10.5. The third-order valence-corrected chi connectivity index (χ3v) is 3.18. The summed E-state index contributed by atoms with van der Waals surface area (Å²) in [6.45, 7) is 0. The summed E-state index contributed by atoms with van der Waals surface area (Å²) in [5, 5.41) is 10.0. The molecule has 0 atom stereocenters. The molecule has 3 aromatic rings. The van der Waals surface area contributed by atoms with Gasteiger partial charge in [-0.25, -0.2) is 9.37 Å². The van der Waals surface area contributed by atoms with Crippen molar-refractivity contribution < 1.29 is 4.39 Å². The van der Waals surface area contributed by atoms with Gasteiger partial charge in [-0.3, -0.25) is 0 Å². The summed E-state index contributed by atoms with van der Waals surface area (Å²) in [4.78, 5) is 4.20. The topological polar surface area (TPSA) is 62.7 Å². The number of halogens is 1. The van der Waals surface area contributed by atoms with Gasteiger partial charge in [0.2, 0.25) is 0 Å². The van der Waals surface area contributed by atoms with Gasteiger partial charge in [-0.2, -0.15) is 5.26 Å². The molecule has 3 rings (SSSR count). The molecular weight excluding hydrogens is 253 g/mol. The number of rotatable bonds is 1. The van der Waals surface area contributed by atoms with Crippen LogP contribution in [-0.4, -0.2) is 4.98 Å². The van der Waals surface area contributed by atoms with E-state index in [0.717, 1.165) is 0 Å². The van der Waals surface area contributed by atoms with Crippen LogP contribution in [0.1, 0.15) is 5.56 Å². The van der Waals surface area contributed by atoms with Crippen molar-refractivity contribution in [1.29, 1.82) is 5.26 Å². The van der Waals surface area contributed by atoms with Gasteiger partial charge in [0.25, 0.3) is 0 Å². The summed E-state index contributed by atoms with van der Waals surface area (Å²) in [7, 11) is 0. The molecular formula is C16H10FN3. The summed E-state index contributed by atoms with van der Waals surface area (Å²) in [6.07, 6.45) is 0. The van der Waals surface area contributed by atoms with E-state index >= 15 is 0 Å². The van der Waals surface area contributed by atoms with Crippen molar-refractivity contribution in [3.8, 4) is 17.2 Å². The minimum absolute atomic E-state index is 0.115.